The minimum Gasteiger partial charge on any atom is -0.308 e. The van der Waals surface area contributed by atoms with Gasteiger partial charge >= 0.3 is 0 Å². The lowest BCUT2D eigenvalue weighted by Crippen LogP contribution is -2.24. The molecule has 1 atom stereocenters. The summed E-state index contributed by atoms with van der Waals surface area (Å²) in [5.41, 5.74) is 2.41. The van der Waals surface area contributed by atoms with Gasteiger partial charge in [-0.3, -0.25) is 4.98 Å². The molecule has 0 radical (unpaired) electrons. The summed E-state index contributed by atoms with van der Waals surface area (Å²) >= 11 is 7.62. The first-order valence-electron chi connectivity index (χ1n) is 6.15. The quantitative estimate of drug-likeness (QED) is 0.862. The van der Waals surface area contributed by atoms with Gasteiger partial charge in [0.05, 0.1) is 16.8 Å². The molecule has 1 N–H and O–H groups in total. The predicted octanol–water partition coefficient (Wildman–Crippen LogP) is 4.08. The first kappa shape index (κ1) is 13.5. The van der Waals surface area contributed by atoms with Crippen LogP contribution in [-0.4, -0.2) is 11.5 Å². The normalized spacial score (nSPS) is 12.6. The zero-order chi connectivity index (χ0) is 12.8. The van der Waals surface area contributed by atoms with Gasteiger partial charge in [0.15, 0.2) is 0 Å². The molecule has 2 aromatic heterocycles. The Morgan fingerprint density at radius 1 is 1.39 bits per heavy atom. The van der Waals surface area contributed by atoms with Crippen LogP contribution in [0.3, 0.4) is 0 Å². The van der Waals surface area contributed by atoms with E-state index in [1.807, 2.05) is 12.1 Å². The third-order valence-corrected chi connectivity index (χ3v) is 3.72. The van der Waals surface area contributed by atoms with Crippen molar-refractivity contribution >= 4 is 22.9 Å². The fourth-order valence-corrected chi connectivity index (χ4v) is 2.63. The van der Waals surface area contributed by atoms with Crippen molar-refractivity contribution in [2.75, 3.05) is 6.54 Å². The highest BCUT2D eigenvalue weighted by atomic mass is 35.5. The number of halogens is 1. The highest BCUT2D eigenvalue weighted by Gasteiger charge is 2.13. The Balaban J connectivity index is 2.11. The summed E-state index contributed by atoms with van der Waals surface area (Å²) in [5, 5.41) is 8.53. The van der Waals surface area contributed by atoms with E-state index in [0.717, 1.165) is 25.1 Å². The van der Waals surface area contributed by atoms with Gasteiger partial charge in [-0.2, -0.15) is 11.3 Å². The summed E-state index contributed by atoms with van der Waals surface area (Å²) in [6.45, 7) is 3.17. The van der Waals surface area contributed by atoms with Crippen LogP contribution in [0.5, 0.6) is 0 Å². The Hall–Kier alpha value is -0.900. The summed E-state index contributed by atoms with van der Waals surface area (Å²) in [5.74, 6) is 0. The van der Waals surface area contributed by atoms with Crippen LogP contribution >= 0.6 is 22.9 Å². The molecule has 0 bridgehead atoms. The number of aromatic nitrogens is 1. The summed E-state index contributed by atoms with van der Waals surface area (Å²) in [6, 6.07) is 6.33. The van der Waals surface area contributed by atoms with Gasteiger partial charge < -0.3 is 5.32 Å². The van der Waals surface area contributed by atoms with Crippen LogP contribution in [0.25, 0.3) is 0 Å². The van der Waals surface area contributed by atoms with Crippen molar-refractivity contribution in [1.82, 2.24) is 10.3 Å². The molecule has 18 heavy (non-hydrogen) atoms. The van der Waals surface area contributed by atoms with E-state index in [4.69, 9.17) is 11.6 Å². The number of rotatable bonds is 6. The minimum absolute atomic E-state index is 0.261. The van der Waals surface area contributed by atoms with E-state index in [9.17, 15) is 0 Å². The maximum atomic E-state index is 5.88. The SMILES string of the molecule is CCCNC(Cc1ccsc1)c1ccc(Cl)cn1. The van der Waals surface area contributed by atoms with E-state index in [-0.39, 0.29) is 6.04 Å². The second-order valence-electron chi connectivity index (χ2n) is 4.24. The van der Waals surface area contributed by atoms with Crippen molar-refractivity contribution in [3.05, 3.63) is 51.4 Å². The lowest BCUT2D eigenvalue weighted by Gasteiger charge is -2.17. The molecule has 0 aromatic carbocycles. The number of hydrogen-bond acceptors (Lipinski definition) is 3. The zero-order valence-electron chi connectivity index (χ0n) is 10.4. The van der Waals surface area contributed by atoms with Crippen molar-refractivity contribution in [3.63, 3.8) is 0 Å². The van der Waals surface area contributed by atoms with E-state index in [2.05, 4.69) is 34.1 Å². The number of nitrogens with zero attached hydrogens (tertiary/aromatic N) is 1. The number of hydrogen-bond donors (Lipinski definition) is 1. The van der Waals surface area contributed by atoms with Crippen LogP contribution in [0, 0.1) is 0 Å². The Labute approximate surface area is 117 Å². The highest BCUT2D eigenvalue weighted by molar-refractivity contribution is 7.07. The second-order valence-corrected chi connectivity index (χ2v) is 5.46. The van der Waals surface area contributed by atoms with Gasteiger partial charge in [0, 0.05) is 6.20 Å². The van der Waals surface area contributed by atoms with Gasteiger partial charge in [-0.05, 0) is 53.9 Å². The Morgan fingerprint density at radius 2 is 2.28 bits per heavy atom. The zero-order valence-corrected chi connectivity index (χ0v) is 12.0. The monoisotopic (exact) mass is 280 g/mol. The summed E-state index contributed by atoms with van der Waals surface area (Å²) in [4.78, 5) is 4.42. The van der Waals surface area contributed by atoms with Gasteiger partial charge in [-0.25, -0.2) is 0 Å². The topological polar surface area (TPSA) is 24.9 Å². The van der Waals surface area contributed by atoms with Crippen LogP contribution in [-0.2, 0) is 6.42 Å². The molecule has 0 spiro atoms. The van der Waals surface area contributed by atoms with Gasteiger partial charge in [0.1, 0.15) is 0 Å². The molecule has 0 amide bonds. The van der Waals surface area contributed by atoms with Crippen molar-refractivity contribution < 1.29 is 0 Å². The van der Waals surface area contributed by atoms with Crippen molar-refractivity contribution in [3.8, 4) is 0 Å². The van der Waals surface area contributed by atoms with Crippen molar-refractivity contribution in [1.29, 1.82) is 0 Å². The number of thiophene rings is 1. The van der Waals surface area contributed by atoms with E-state index in [0.29, 0.717) is 5.02 Å². The molecule has 0 aliphatic rings. The highest BCUT2D eigenvalue weighted by Crippen LogP contribution is 2.19. The van der Waals surface area contributed by atoms with Crippen molar-refractivity contribution in [2.24, 2.45) is 0 Å². The number of nitrogens with one attached hydrogen (secondary N) is 1. The third-order valence-electron chi connectivity index (χ3n) is 2.77. The summed E-state index contributed by atoms with van der Waals surface area (Å²) in [7, 11) is 0. The lowest BCUT2D eigenvalue weighted by molar-refractivity contribution is 0.518. The van der Waals surface area contributed by atoms with Gasteiger partial charge in [-0.1, -0.05) is 18.5 Å². The van der Waals surface area contributed by atoms with Crippen LogP contribution in [0.15, 0.2) is 35.2 Å². The fraction of sp³-hybridized carbons (Fsp3) is 0.357. The molecule has 2 heterocycles. The van der Waals surface area contributed by atoms with E-state index in [1.165, 1.54) is 5.56 Å². The predicted molar refractivity (Wildman–Crippen MR) is 78.3 cm³/mol. The molecule has 1 unspecified atom stereocenters. The molecule has 0 saturated carbocycles. The van der Waals surface area contributed by atoms with E-state index in [1.54, 1.807) is 17.5 Å². The van der Waals surface area contributed by atoms with Crippen LogP contribution < -0.4 is 5.32 Å². The molecule has 2 aromatic rings. The van der Waals surface area contributed by atoms with Gasteiger partial charge in [0.25, 0.3) is 0 Å². The minimum atomic E-state index is 0.261. The summed E-state index contributed by atoms with van der Waals surface area (Å²) in [6.07, 6.45) is 3.80. The fourth-order valence-electron chi connectivity index (χ4n) is 1.84. The molecule has 0 fully saturated rings. The molecule has 2 rings (SSSR count). The van der Waals surface area contributed by atoms with Crippen LogP contribution in [0.1, 0.15) is 30.6 Å². The lowest BCUT2D eigenvalue weighted by atomic mass is 10.1. The molecule has 0 aliphatic heterocycles. The molecule has 2 nitrogen and oxygen atoms in total. The first-order chi connectivity index (χ1) is 8.79. The van der Waals surface area contributed by atoms with Crippen molar-refractivity contribution in [2.45, 2.75) is 25.8 Å². The van der Waals surface area contributed by atoms with Gasteiger partial charge in [0.2, 0.25) is 0 Å². The Bertz CT molecular complexity index is 453. The molecular formula is C14H17ClN2S. The van der Waals surface area contributed by atoms with Gasteiger partial charge in [-0.15, -0.1) is 0 Å². The van der Waals surface area contributed by atoms with E-state index < -0.39 is 0 Å². The van der Waals surface area contributed by atoms with Crippen LogP contribution in [0.4, 0.5) is 0 Å². The molecular weight excluding hydrogens is 264 g/mol. The third kappa shape index (κ3) is 3.80. The van der Waals surface area contributed by atoms with Crippen LogP contribution in [0.2, 0.25) is 5.02 Å². The standard InChI is InChI=1S/C14H17ClN2S/c1-2-6-16-14(8-11-5-7-18-10-11)13-4-3-12(15)9-17-13/h3-5,7,9-10,14,16H,2,6,8H2,1H3. The molecule has 0 saturated heterocycles. The van der Waals surface area contributed by atoms with E-state index >= 15 is 0 Å². The summed E-state index contributed by atoms with van der Waals surface area (Å²) < 4.78 is 0. The number of pyridine rings is 1. The first-order valence-corrected chi connectivity index (χ1v) is 7.47. The molecule has 4 heteroatoms. The molecule has 0 aliphatic carbocycles. The largest absolute Gasteiger partial charge is 0.308 e. The average Bonchev–Trinajstić information content (AvgIpc) is 2.88. The average molecular weight is 281 g/mol. The Morgan fingerprint density at radius 3 is 2.89 bits per heavy atom. The smallest absolute Gasteiger partial charge is 0.0589 e. The molecule has 96 valence electrons. The maximum Gasteiger partial charge on any atom is 0.0589 e. The second kappa shape index (κ2) is 6.88. The Kier molecular flexibility index (Phi) is 5.17. The maximum absolute atomic E-state index is 5.88.